The van der Waals surface area contributed by atoms with Gasteiger partial charge in [-0.1, -0.05) is 20.8 Å². The lowest BCUT2D eigenvalue weighted by molar-refractivity contribution is -0.132. The molecule has 2 rings (SSSR count). The first kappa shape index (κ1) is 15.0. The smallest absolute Gasteiger partial charge is 0.224 e. The number of amides is 1. The lowest BCUT2D eigenvalue weighted by atomic mass is 9.61. The number of nitrogens with two attached hydrogens (primary N) is 1. The molecule has 0 radical (unpaired) electrons. The van der Waals surface area contributed by atoms with E-state index in [2.05, 4.69) is 31.1 Å². The van der Waals surface area contributed by atoms with Crippen molar-refractivity contribution in [2.75, 3.05) is 0 Å². The SMILES string of the molecule is CC1C(N)CCC(C(=O)NCc2nccn2C)C1(C)C. The van der Waals surface area contributed by atoms with Gasteiger partial charge in [0.05, 0.1) is 6.54 Å². The van der Waals surface area contributed by atoms with Crippen molar-refractivity contribution in [2.45, 2.75) is 46.2 Å². The van der Waals surface area contributed by atoms with Crippen LogP contribution >= 0.6 is 0 Å². The minimum Gasteiger partial charge on any atom is -0.349 e. The Labute approximate surface area is 120 Å². The highest BCUT2D eigenvalue weighted by Gasteiger charge is 2.44. The summed E-state index contributed by atoms with van der Waals surface area (Å²) >= 11 is 0. The lowest BCUT2D eigenvalue weighted by Gasteiger charge is -2.46. The first-order chi connectivity index (χ1) is 9.34. The van der Waals surface area contributed by atoms with Crippen LogP contribution in [-0.4, -0.2) is 21.5 Å². The maximum atomic E-state index is 12.5. The summed E-state index contributed by atoms with van der Waals surface area (Å²) in [7, 11) is 1.93. The molecule has 3 atom stereocenters. The molecule has 1 aliphatic rings. The summed E-state index contributed by atoms with van der Waals surface area (Å²) in [4.78, 5) is 16.7. The molecular formula is C15H26N4O. The fraction of sp³-hybridized carbons (Fsp3) is 0.733. The fourth-order valence-corrected chi connectivity index (χ4v) is 3.18. The Bertz CT molecular complexity index is 480. The van der Waals surface area contributed by atoms with Gasteiger partial charge in [0.15, 0.2) is 0 Å². The number of aromatic nitrogens is 2. The van der Waals surface area contributed by atoms with Crippen LogP contribution < -0.4 is 11.1 Å². The van der Waals surface area contributed by atoms with Crippen LogP contribution in [0.2, 0.25) is 0 Å². The number of carbonyl (C=O) groups excluding carboxylic acids is 1. The largest absolute Gasteiger partial charge is 0.349 e. The molecule has 1 aliphatic carbocycles. The third-order valence-electron chi connectivity index (χ3n) is 5.16. The average Bonchev–Trinajstić information content (AvgIpc) is 2.79. The lowest BCUT2D eigenvalue weighted by Crippen LogP contribution is -2.51. The van der Waals surface area contributed by atoms with Crippen molar-refractivity contribution >= 4 is 5.91 Å². The molecule has 0 aromatic carbocycles. The predicted octanol–water partition coefficient (Wildman–Crippen LogP) is 1.44. The first-order valence-electron chi connectivity index (χ1n) is 7.33. The van der Waals surface area contributed by atoms with Crippen LogP contribution in [0, 0.1) is 17.3 Å². The molecule has 0 saturated heterocycles. The number of carbonyl (C=O) groups is 1. The first-order valence-corrected chi connectivity index (χ1v) is 7.33. The van der Waals surface area contributed by atoms with Gasteiger partial charge in [-0.05, 0) is 24.2 Å². The van der Waals surface area contributed by atoms with Crippen molar-refractivity contribution in [3.63, 3.8) is 0 Å². The third-order valence-corrected chi connectivity index (χ3v) is 5.16. The van der Waals surface area contributed by atoms with Crippen LogP contribution in [0.15, 0.2) is 12.4 Å². The Morgan fingerprint density at radius 2 is 2.25 bits per heavy atom. The Balaban J connectivity index is 2.00. The molecule has 0 bridgehead atoms. The van der Waals surface area contributed by atoms with E-state index in [-0.39, 0.29) is 23.3 Å². The standard InChI is InChI=1S/C15H26N4O/c1-10-12(16)6-5-11(15(10,2)3)14(20)18-9-13-17-7-8-19(13)4/h7-8,10-12H,5-6,9,16H2,1-4H3,(H,18,20). The van der Waals surface area contributed by atoms with E-state index in [0.717, 1.165) is 18.7 Å². The second-order valence-electron chi connectivity index (χ2n) is 6.58. The van der Waals surface area contributed by atoms with Gasteiger partial charge in [-0.3, -0.25) is 4.79 Å². The zero-order valence-electron chi connectivity index (χ0n) is 12.9. The van der Waals surface area contributed by atoms with E-state index in [4.69, 9.17) is 5.73 Å². The highest BCUT2D eigenvalue weighted by Crippen LogP contribution is 2.44. The summed E-state index contributed by atoms with van der Waals surface area (Å²) in [5, 5.41) is 3.02. The number of hydrogen-bond donors (Lipinski definition) is 2. The maximum Gasteiger partial charge on any atom is 0.224 e. The Hall–Kier alpha value is -1.36. The molecule has 1 saturated carbocycles. The quantitative estimate of drug-likeness (QED) is 0.878. The summed E-state index contributed by atoms with van der Waals surface area (Å²) in [5.41, 5.74) is 6.08. The zero-order chi connectivity index (χ0) is 14.9. The summed E-state index contributed by atoms with van der Waals surface area (Å²) in [5.74, 6) is 1.37. The number of rotatable bonds is 3. The van der Waals surface area contributed by atoms with E-state index in [1.807, 2.05) is 17.8 Å². The molecule has 5 heteroatoms. The monoisotopic (exact) mass is 278 g/mol. The van der Waals surface area contributed by atoms with Gasteiger partial charge in [0.25, 0.3) is 0 Å². The minimum atomic E-state index is -0.0661. The van der Waals surface area contributed by atoms with Crippen molar-refractivity contribution in [3.05, 3.63) is 18.2 Å². The number of aryl methyl sites for hydroxylation is 1. The number of nitrogens with one attached hydrogen (secondary N) is 1. The van der Waals surface area contributed by atoms with E-state index in [9.17, 15) is 4.79 Å². The molecule has 112 valence electrons. The van der Waals surface area contributed by atoms with Gasteiger partial charge >= 0.3 is 0 Å². The van der Waals surface area contributed by atoms with E-state index >= 15 is 0 Å². The molecule has 1 fully saturated rings. The van der Waals surface area contributed by atoms with Crippen molar-refractivity contribution in [2.24, 2.45) is 30.0 Å². The van der Waals surface area contributed by atoms with E-state index < -0.39 is 0 Å². The molecule has 0 aliphatic heterocycles. The van der Waals surface area contributed by atoms with Crippen LogP contribution in [0.3, 0.4) is 0 Å². The number of imidazole rings is 1. The molecule has 0 spiro atoms. The average molecular weight is 278 g/mol. The van der Waals surface area contributed by atoms with Crippen molar-refractivity contribution < 1.29 is 4.79 Å². The topological polar surface area (TPSA) is 72.9 Å². The number of hydrogen-bond acceptors (Lipinski definition) is 3. The van der Waals surface area contributed by atoms with Gasteiger partial charge in [-0.2, -0.15) is 0 Å². The Kier molecular flexibility index (Phi) is 4.18. The Morgan fingerprint density at radius 3 is 2.85 bits per heavy atom. The molecule has 1 amide bonds. The Morgan fingerprint density at radius 1 is 1.55 bits per heavy atom. The summed E-state index contributed by atoms with van der Waals surface area (Å²) in [6, 6.07) is 0.198. The van der Waals surface area contributed by atoms with E-state index in [1.54, 1.807) is 6.20 Å². The molecule has 1 heterocycles. The van der Waals surface area contributed by atoms with Gasteiger partial charge in [0, 0.05) is 31.4 Å². The second kappa shape index (κ2) is 5.56. The molecular weight excluding hydrogens is 252 g/mol. The van der Waals surface area contributed by atoms with Crippen molar-refractivity contribution in [3.8, 4) is 0 Å². The molecule has 5 nitrogen and oxygen atoms in total. The van der Waals surface area contributed by atoms with Gasteiger partial charge in [0.1, 0.15) is 5.82 Å². The predicted molar refractivity (Wildman–Crippen MR) is 78.7 cm³/mol. The molecule has 3 unspecified atom stereocenters. The normalized spacial score (nSPS) is 29.1. The molecule has 3 N–H and O–H groups in total. The highest BCUT2D eigenvalue weighted by molar-refractivity contribution is 5.79. The van der Waals surface area contributed by atoms with Crippen LogP contribution in [0.5, 0.6) is 0 Å². The molecule has 1 aromatic heterocycles. The fourth-order valence-electron chi connectivity index (χ4n) is 3.18. The summed E-state index contributed by atoms with van der Waals surface area (Å²) in [6.07, 6.45) is 5.41. The van der Waals surface area contributed by atoms with Crippen LogP contribution in [-0.2, 0) is 18.4 Å². The molecule has 20 heavy (non-hydrogen) atoms. The zero-order valence-corrected chi connectivity index (χ0v) is 12.9. The van der Waals surface area contributed by atoms with Crippen molar-refractivity contribution in [1.82, 2.24) is 14.9 Å². The summed E-state index contributed by atoms with van der Waals surface area (Å²) in [6.45, 7) is 6.95. The number of nitrogens with zero attached hydrogens (tertiary/aromatic N) is 2. The maximum absolute atomic E-state index is 12.5. The van der Waals surface area contributed by atoms with Gasteiger partial charge < -0.3 is 15.6 Å². The van der Waals surface area contributed by atoms with Crippen LogP contribution in [0.4, 0.5) is 0 Å². The third kappa shape index (κ3) is 2.73. The second-order valence-corrected chi connectivity index (χ2v) is 6.58. The summed E-state index contributed by atoms with van der Waals surface area (Å²) < 4.78 is 1.92. The highest BCUT2D eigenvalue weighted by atomic mass is 16.1. The minimum absolute atomic E-state index is 0.0255. The van der Waals surface area contributed by atoms with Crippen molar-refractivity contribution in [1.29, 1.82) is 0 Å². The van der Waals surface area contributed by atoms with Gasteiger partial charge in [-0.25, -0.2) is 4.98 Å². The van der Waals surface area contributed by atoms with E-state index in [0.29, 0.717) is 12.5 Å². The van der Waals surface area contributed by atoms with Crippen LogP contribution in [0.1, 0.15) is 39.4 Å². The van der Waals surface area contributed by atoms with Crippen LogP contribution in [0.25, 0.3) is 0 Å². The van der Waals surface area contributed by atoms with Gasteiger partial charge in [0.2, 0.25) is 5.91 Å². The van der Waals surface area contributed by atoms with Gasteiger partial charge in [-0.15, -0.1) is 0 Å². The van der Waals surface area contributed by atoms with E-state index in [1.165, 1.54) is 0 Å². The molecule has 1 aromatic rings.